The highest BCUT2D eigenvalue weighted by atomic mass is 16.5. The van der Waals surface area contributed by atoms with Crippen molar-refractivity contribution in [3.05, 3.63) is 11.3 Å². The van der Waals surface area contributed by atoms with Gasteiger partial charge in [-0.05, 0) is 39.9 Å². The van der Waals surface area contributed by atoms with Crippen LogP contribution in [0.15, 0.2) is 0 Å². The smallest absolute Gasteiger partial charge is 0.216 e. The molecule has 0 aliphatic carbocycles. The quantitative estimate of drug-likeness (QED) is 0.834. The van der Waals surface area contributed by atoms with Gasteiger partial charge in [-0.3, -0.25) is 4.90 Å². The molecule has 0 amide bonds. The van der Waals surface area contributed by atoms with Crippen LogP contribution in [0.25, 0.3) is 0 Å². The Morgan fingerprint density at radius 2 is 2.19 bits per heavy atom. The number of hydrogen-bond acceptors (Lipinski definition) is 5. The fourth-order valence-electron chi connectivity index (χ4n) is 3.51. The van der Waals surface area contributed by atoms with Crippen LogP contribution in [0.5, 0.6) is 5.88 Å². The van der Waals surface area contributed by atoms with E-state index in [-0.39, 0.29) is 6.04 Å². The van der Waals surface area contributed by atoms with E-state index in [9.17, 15) is 0 Å². The second kappa shape index (κ2) is 6.77. The second-order valence-corrected chi connectivity index (χ2v) is 6.24. The molecule has 0 spiro atoms. The van der Waals surface area contributed by atoms with Gasteiger partial charge in [0.2, 0.25) is 5.88 Å². The van der Waals surface area contributed by atoms with E-state index in [0.29, 0.717) is 6.54 Å². The molecule has 1 saturated heterocycles. The number of likely N-dealkylation sites (tertiary alicyclic amines) is 1. The largest absolute Gasteiger partial charge is 0.481 e. The van der Waals surface area contributed by atoms with Crippen molar-refractivity contribution in [2.45, 2.75) is 19.4 Å². The maximum Gasteiger partial charge on any atom is 0.216 e. The molecule has 1 fully saturated rings. The van der Waals surface area contributed by atoms with Gasteiger partial charge in [-0.15, -0.1) is 0 Å². The maximum absolute atomic E-state index is 6.06. The zero-order valence-electron chi connectivity index (χ0n) is 14.0. The van der Waals surface area contributed by atoms with Crippen LogP contribution in [0.4, 0.5) is 0 Å². The molecular formula is C15H29N5O. The Hall–Kier alpha value is -1.11. The minimum atomic E-state index is 0.152. The van der Waals surface area contributed by atoms with E-state index in [0.717, 1.165) is 29.6 Å². The lowest BCUT2D eigenvalue weighted by Crippen LogP contribution is -2.35. The zero-order valence-corrected chi connectivity index (χ0v) is 14.0. The first-order chi connectivity index (χ1) is 9.97. The van der Waals surface area contributed by atoms with Gasteiger partial charge < -0.3 is 15.4 Å². The lowest BCUT2D eigenvalue weighted by Gasteiger charge is -2.29. The molecule has 0 saturated carbocycles. The molecule has 2 unspecified atom stereocenters. The Bertz CT molecular complexity index is 473. The van der Waals surface area contributed by atoms with Gasteiger partial charge in [0.1, 0.15) is 0 Å². The van der Waals surface area contributed by atoms with E-state index in [2.05, 4.69) is 29.0 Å². The van der Waals surface area contributed by atoms with Gasteiger partial charge in [0.05, 0.1) is 24.4 Å². The molecule has 1 aliphatic heterocycles. The third kappa shape index (κ3) is 3.39. The first-order valence-corrected chi connectivity index (χ1v) is 7.64. The van der Waals surface area contributed by atoms with Crippen molar-refractivity contribution in [3.8, 4) is 5.88 Å². The molecule has 6 nitrogen and oxygen atoms in total. The Morgan fingerprint density at radius 1 is 1.48 bits per heavy atom. The van der Waals surface area contributed by atoms with Crippen LogP contribution in [0.1, 0.15) is 23.7 Å². The summed E-state index contributed by atoms with van der Waals surface area (Å²) in [5.74, 6) is 1.54. The molecule has 2 atom stereocenters. The Kier molecular flexibility index (Phi) is 5.24. The molecule has 2 rings (SSSR count). The van der Waals surface area contributed by atoms with Crippen molar-refractivity contribution < 1.29 is 4.74 Å². The number of aryl methyl sites for hydroxylation is 2. The fraction of sp³-hybridized carbons (Fsp3) is 0.800. The average Bonchev–Trinajstić information content (AvgIpc) is 2.95. The number of aromatic nitrogens is 2. The number of rotatable bonds is 6. The highest BCUT2D eigenvalue weighted by Gasteiger charge is 2.28. The van der Waals surface area contributed by atoms with Crippen LogP contribution in [-0.2, 0) is 7.05 Å². The van der Waals surface area contributed by atoms with Crippen LogP contribution in [0.3, 0.4) is 0 Å². The lowest BCUT2D eigenvalue weighted by atomic mass is 10.0. The number of methoxy groups -OCH3 is 1. The van der Waals surface area contributed by atoms with Crippen molar-refractivity contribution in [1.82, 2.24) is 19.6 Å². The summed E-state index contributed by atoms with van der Waals surface area (Å²) in [6.07, 6.45) is 1.27. The van der Waals surface area contributed by atoms with Gasteiger partial charge in [0.25, 0.3) is 0 Å². The number of likely N-dealkylation sites (N-methyl/N-ethyl adjacent to an activating group) is 1. The SMILES string of the molecule is COc1c(C(CN)N(C)CC2CCN(C)C2)c(C)nn1C. The minimum absolute atomic E-state index is 0.152. The molecule has 0 bridgehead atoms. The normalized spacial score (nSPS) is 21.2. The Morgan fingerprint density at radius 3 is 2.71 bits per heavy atom. The predicted molar refractivity (Wildman–Crippen MR) is 84.5 cm³/mol. The van der Waals surface area contributed by atoms with Crippen LogP contribution in [0, 0.1) is 12.8 Å². The molecule has 120 valence electrons. The van der Waals surface area contributed by atoms with Crippen LogP contribution >= 0.6 is 0 Å². The maximum atomic E-state index is 6.06. The predicted octanol–water partition coefficient (Wildman–Crippen LogP) is 0.620. The van der Waals surface area contributed by atoms with Gasteiger partial charge in [0, 0.05) is 26.7 Å². The Labute approximate surface area is 127 Å². The van der Waals surface area contributed by atoms with E-state index < -0.39 is 0 Å². The number of ether oxygens (including phenoxy) is 1. The van der Waals surface area contributed by atoms with Crippen LogP contribution in [0.2, 0.25) is 0 Å². The lowest BCUT2D eigenvalue weighted by molar-refractivity contribution is 0.206. The average molecular weight is 295 g/mol. The summed E-state index contributed by atoms with van der Waals surface area (Å²) in [4.78, 5) is 4.75. The summed E-state index contributed by atoms with van der Waals surface area (Å²) in [5, 5.41) is 4.48. The summed E-state index contributed by atoms with van der Waals surface area (Å²) in [5.41, 5.74) is 8.19. The number of hydrogen-bond donors (Lipinski definition) is 1. The molecule has 0 aromatic carbocycles. The summed E-state index contributed by atoms with van der Waals surface area (Å²) in [6, 6.07) is 0.152. The topological polar surface area (TPSA) is 59.6 Å². The number of nitrogens with zero attached hydrogens (tertiary/aromatic N) is 4. The van der Waals surface area contributed by atoms with Gasteiger partial charge in [-0.2, -0.15) is 5.10 Å². The molecule has 1 aromatic rings. The monoisotopic (exact) mass is 295 g/mol. The first-order valence-electron chi connectivity index (χ1n) is 7.64. The molecule has 6 heteroatoms. The highest BCUT2D eigenvalue weighted by molar-refractivity contribution is 5.34. The van der Waals surface area contributed by atoms with Crippen molar-refractivity contribution in [1.29, 1.82) is 0 Å². The van der Waals surface area contributed by atoms with Gasteiger partial charge >= 0.3 is 0 Å². The first kappa shape index (κ1) is 16.3. The highest BCUT2D eigenvalue weighted by Crippen LogP contribution is 2.31. The van der Waals surface area contributed by atoms with Crippen LogP contribution < -0.4 is 10.5 Å². The van der Waals surface area contributed by atoms with Crippen molar-refractivity contribution in [2.24, 2.45) is 18.7 Å². The molecular weight excluding hydrogens is 266 g/mol. The number of nitrogens with two attached hydrogens (primary N) is 1. The Balaban J connectivity index is 2.15. The molecule has 1 aliphatic rings. The minimum Gasteiger partial charge on any atom is -0.481 e. The molecule has 2 N–H and O–H groups in total. The zero-order chi connectivity index (χ0) is 15.6. The van der Waals surface area contributed by atoms with Crippen molar-refractivity contribution in [3.63, 3.8) is 0 Å². The van der Waals surface area contributed by atoms with Crippen molar-refractivity contribution >= 4 is 0 Å². The third-order valence-electron chi connectivity index (χ3n) is 4.53. The molecule has 2 heterocycles. The molecule has 21 heavy (non-hydrogen) atoms. The molecule has 0 radical (unpaired) electrons. The molecule has 1 aromatic heterocycles. The summed E-state index contributed by atoms with van der Waals surface area (Å²) >= 11 is 0. The van der Waals surface area contributed by atoms with E-state index in [4.69, 9.17) is 10.5 Å². The summed E-state index contributed by atoms with van der Waals surface area (Å²) in [6.45, 7) is 6.02. The standard InChI is InChI=1S/C15H29N5O/c1-11-14(15(21-5)20(4)17-11)13(8-16)19(3)10-12-6-7-18(2)9-12/h12-13H,6-10,16H2,1-5H3. The van der Waals surface area contributed by atoms with Gasteiger partial charge in [-0.1, -0.05) is 0 Å². The third-order valence-corrected chi connectivity index (χ3v) is 4.53. The van der Waals surface area contributed by atoms with Gasteiger partial charge in [-0.25, -0.2) is 4.68 Å². The van der Waals surface area contributed by atoms with E-state index >= 15 is 0 Å². The van der Waals surface area contributed by atoms with E-state index in [1.807, 2.05) is 14.0 Å². The summed E-state index contributed by atoms with van der Waals surface area (Å²) in [7, 11) is 7.95. The van der Waals surface area contributed by atoms with Crippen molar-refractivity contribution in [2.75, 3.05) is 47.4 Å². The van der Waals surface area contributed by atoms with E-state index in [1.54, 1.807) is 11.8 Å². The fourth-order valence-corrected chi connectivity index (χ4v) is 3.51. The van der Waals surface area contributed by atoms with Gasteiger partial charge in [0.15, 0.2) is 0 Å². The summed E-state index contributed by atoms with van der Waals surface area (Å²) < 4.78 is 7.32. The van der Waals surface area contributed by atoms with Crippen LogP contribution in [-0.4, -0.2) is 67.0 Å². The van der Waals surface area contributed by atoms with E-state index in [1.165, 1.54) is 19.5 Å². The second-order valence-electron chi connectivity index (χ2n) is 6.24.